The molecule has 0 saturated carbocycles. The highest BCUT2D eigenvalue weighted by Crippen LogP contribution is 2.38. The maximum Gasteiger partial charge on any atom is 0.136 e. The summed E-state index contributed by atoms with van der Waals surface area (Å²) >= 11 is 1.52. The Bertz CT molecular complexity index is 378. The third-order valence-electron chi connectivity index (χ3n) is 2.97. The molecular formula is C12H16FNOS. The highest BCUT2D eigenvalue weighted by molar-refractivity contribution is 7.98. The minimum Gasteiger partial charge on any atom is -0.495 e. The van der Waals surface area contributed by atoms with Crippen LogP contribution in [0.15, 0.2) is 17.0 Å². The van der Waals surface area contributed by atoms with Crippen LogP contribution in [0.25, 0.3) is 0 Å². The van der Waals surface area contributed by atoms with Gasteiger partial charge in [-0.1, -0.05) is 0 Å². The number of methoxy groups -OCH3 is 1. The zero-order valence-corrected chi connectivity index (χ0v) is 10.4. The van der Waals surface area contributed by atoms with Crippen LogP contribution in [0.3, 0.4) is 0 Å². The van der Waals surface area contributed by atoms with E-state index < -0.39 is 0 Å². The lowest BCUT2D eigenvalue weighted by atomic mass is 9.97. The smallest absolute Gasteiger partial charge is 0.136 e. The average molecular weight is 241 g/mol. The van der Waals surface area contributed by atoms with E-state index in [1.807, 2.05) is 6.26 Å². The van der Waals surface area contributed by atoms with Gasteiger partial charge in [-0.05, 0) is 31.4 Å². The number of hydrogen-bond donors (Lipinski definition) is 1. The third kappa shape index (κ3) is 2.18. The Morgan fingerprint density at radius 1 is 1.50 bits per heavy atom. The summed E-state index contributed by atoms with van der Waals surface area (Å²) in [6.45, 7) is 1.91. The van der Waals surface area contributed by atoms with Crippen LogP contribution >= 0.6 is 11.8 Å². The second kappa shape index (κ2) is 5.06. The van der Waals surface area contributed by atoms with Gasteiger partial charge in [0.1, 0.15) is 11.6 Å². The summed E-state index contributed by atoms with van der Waals surface area (Å²) in [4.78, 5) is 0.879. The molecule has 1 aromatic carbocycles. The molecule has 0 aliphatic carbocycles. The standard InChI is InChI=1S/C12H16FNOS/c1-15-12-10(8-3-4-14-7-8)5-9(13)6-11(12)16-2/h5-6,8,14H,3-4,7H2,1-2H3. The largest absolute Gasteiger partial charge is 0.495 e. The molecule has 0 radical (unpaired) electrons. The monoisotopic (exact) mass is 241 g/mol. The van der Waals surface area contributed by atoms with Crippen LogP contribution in [0, 0.1) is 5.82 Å². The van der Waals surface area contributed by atoms with Gasteiger partial charge in [-0.3, -0.25) is 0 Å². The molecule has 1 N–H and O–H groups in total. The van der Waals surface area contributed by atoms with Crippen molar-refractivity contribution >= 4 is 11.8 Å². The molecule has 1 aliphatic rings. The van der Waals surface area contributed by atoms with Gasteiger partial charge in [-0.25, -0.2) is 4.39 Å². The number of ether oxygens (including phenoxy) is 1. The van der Waals surface area contributed by atoms with Gasteiger partial charge >= 0.3 is 0 Å². The van der Waals surface area contributed by atoms with Crippen LogP contribution in [-0.4, -0.2) is 26.5 Å². The molecule has 88 valence electrons. The van der Waals surface area contributed by atoms with Crippen LogP contribution in [0.1, 0.15) is 17.9 Å². The molecule has 1 heterocycles. The summed E-state index contributed by atoms with van der Waals surface area (Å²) in [6, 6.07) is 3.14. The molecule has 2 nitrogen and oxygen atoms in total. The van der Waals surface area contributed by atoms with E-state index in [0.29, 0.717) is 5.92 Å². The van der Waals surface area contributed by atoms with Crippen LogP contribution in [-0.2, 0) is 0 Å². The van der Waals surface area contributed by atoms with E-state index in [1.165, 1.54) is 17.8 Å². The van der Waals surface area contributed by atoms with Crippen molar-refractivity contribution in [2.75, 3.05) is 26.5 Å². The Kier molecular flexibility index (Phi) is 3.71. The summed E-state index contributed by atoms with van der Waals surface area (Å²) in [5.41, 5.74) is 0.997. The van der Waals surface area contributed by atoms with Crippen molar-refractivity contribution in [3.63, 3.8) is 0 Å². The summed E-state index contributed by atoms with van der Waals surface area (Å²) < 4.78 is 18.9. The Morgan fingerprint density at radius 3 is 2.88 bits per heavy atom. The fraction of sp³-hybridized carbons (Fsp3) is 0.500. The molecule has 0 bridgehead atoms. The highest BCUT2D eigenvalue weighted by atomic mass is 32.2. The fourth-order valence-electron chi connectivity index (χ4n) is 2.18. The van der Waals surface area contributed by atoms with Crippen molar-refractivity contribution in [1.82, 2.24) is 5.32 Å². The van der Waals surface area contributed by atoms with E-state index in [2.05, 4.69) is 5.32 Å². The van der Waals surface area contributed by atoms with Crippen molar-refractivity contribution < 1.29 is 9.13 Å². The molecule has 4 heteroatoms. The number of nitrogens with one attached hydrogen (secondary N) is 1. The first-order chi connectivity index (χ1) is 7.76. The molecule has 1 aliphatic heterocycles. The maximum absolute atomic E-state index is 13.5. The van der Waals surface area contributed by atoms with E-state index in [0.717, 1.165) is 35.7 Å². The van der Waals surface area contributed by atoms with Gasteiger partial charge in [0.2, 0.25) is 0 Å². The minimum absolute atomic E-state index is 0.174. The minimum atomic E-state index is -0.174. The zero-order valence-electron chi connectivity index (χ0n) is 9.55. The van der Waals surface area contributed by atoms with E-state index in [9.17, 15) is 4.39 Å². The van der Waals surface area contributed by atoms with E-state index in [-0.39, 0.29) is 5.82 Å². The number of halogens is 1. The SMILES string of the molecule is COc1c(SC)cc(F)cc1C1CCNC1. The first-order valence-corrected chi connectivity index (χ1v) is 6.61. The Hall–Kier alpha value is -0.740. The van der Waals surface area contributed by atoms with Crippen LogP contribution in [0.5, 0.6) is 5.75 Å². The molecular weight excluding hydrogens is 225 g/mol. The lowest BCUT2D eigenvalue weighted by molar-refractivity contribution is 0.394. The van der Waals surface area contributed by atoms with E-state index in [1.54, 1.807) is 13.2 Å². The zero-order chi connectivity index (χ0) is 11.5. The molecule has 1 fully saturated rings. The second-order valence-corrected chi connectivity index (χ2v) is 4.77. The molecule has 16 heavy (non-hydrogen) atoms. The number of rotatable bonds is 3. The molecule has 0 spiro atoms. The van der Waals surface area contributed by atoms with Crippen LogP contribution in [0.2, 0.25) is 0 Å². The molecule has 0 aromatic heterocycles. The molecule has 1 unspecified atom stereocenters. The molecule has 1 atom stereocenters. The normalized spacial score (nSPS) is 20.1. The first kappa shape index (κ1) is 11.7. The lowest BCUT2D eigenvalue weighted by Crippen LogP contribution is -2.09. The quantitative estimate of drug-likeness (QED) is 0.822. The van der Waals surface area contributed by atoms with Gasteiger partial charge in [0.05, 0.1) is 12.0 Å². The molecule has 0 amide bonds. The molecule has 2 rings (SSSR count). The maximum atomic E-state index is 13.5. The van der Waals surface area contributed by atoms with Gasteiger partial charge in [0, 0.05) is 18.0 Å². The van der Waals surface area contributed by atoms with Crippen molar-refractivity contribution in [3.8, 4) is 5.75 Å². The Balaban J connectivity index is 2.44. The molecule has 1 saturated heterocycles. The van der Waals surface area contributed by atoms with Gasteiger partial charge in [-0.2, -0.15) is 0 Å². The lowest BCUT2D eigenvalue weighted by Gasteiger charge is -2.16. The number of thioether (sulfide) groups is 1. The topological polar surface area (TPSA) is 21.3 Å². The van der Waals surface area contributed by atoms with Gasteiger partial charge in [0.15, 0.2) is 0 Å². The Labute approximate surface area is 99.6 Å². The van der Waals surface area contributed by atoms with Crippen LogP contribution < -0.4 is 10.1 Å². The predicted molar refractivity (Wildman–Crippen MR) is 65.0 cm³/mol. The van der Waals surface area contributed by atoms with Crippen molar-refractivity contribution in [3.05, 3.63) is 23.5 Å². The molecule has 1 aromatic rings. The van der Waals surface area contributed by atoms with E-state index in [4.69, 9.17) is 4.74 Å². The number of hydrogen-bond acceptors (Lipinski definition) is 3. The first-order valence-electron chi connectivity index (χ1n) is 5.38. The van der Waals surface area contributed by atoms with Crippen molar-refractivity contribution in [1.29, 1.82) is 0 Å². The summed E-state index contributed by atoms with van der Waals surface area (Å²) in [5, 5.41) is 3.29. The Morgan fingerprint density at radius 2 is 2.31 bits per heavy atom. The highest BCUT2D eigenvalue weighted by Gasteiger charge is 2.22. The van der Waals surface area contributed by atoms with Gasteiger partial charge in [-0.15, -0.1) is 11.8 Å². The van der Waals surface area contributed by atoms with Crippen molar-refractivity contribution in [2.45, 2.75) is 17.2 Å². The predicted octanol–water partition coefficient (Wildman–Crippen LogP) is 2.63. The van der Waals surface area contributed by atoms with E-state index >= 15 is 0 Å². The van der Waals surface area contributed by atoms with Crippen molar-refractivity contribution in [2.24, 2.45) is 0 Å². The second-order valence-electron chi connectivity index (χ2n) is 3.92. The van der Waals surface area contributed by atoms with Crippen LogP contribution in [0.4, 0.5) is 4.39 Å². The summed E-state index contributed by atoms with van der Waals surface area (Å²) in [7, 11) is 1.65. The summed E-state index contributed by atoms with van der Waals surface area (Å²) in [5.74, 6) is 1.03. The third-order valence-corrected chi connectivity index (χ3v) is 3.72. The van der Waals surface area contributed by atoms with Gasteiger partial charge in [0.25, 0.3) is 0 Å². The fourth-order valence-corrected chi connectivity index (χ4v) is 2.80. The summed E-state index contributed by atoms with van der Waals surface area (Å²) in [6.07, 6.45) is 2.99. The number of benzene rings is 1. The van der Waals surface area contributed by atoms with Gasteiger partial charge < -0.3 is 10.1 Å². The average Bonchev–Trinajstić information content (AvgIpc) is 2.81.